The summed E-state index contributed by atoms with van der Waals surface area (Å²) < 4.78 is 51.0. The molecule has 31 heavy (non-hydrogen) atoms. The van der Waals surface area contributed by atoms with Crippen molar-refractivity contribution < 1.29 is 39.2 Å². The molecule has 0 radical (unpaired) electrons. The van der Waals surface area contributed by atoms with Gasteiger partial charge in [0.2, 0.25) is 0 Å². The topological polar surface area (TPSA) is 86.4 Å². The summed E-state index contributed by atoms with van der Waals surface area (Å²) in [5, 5.41) is 0. The first-order valence-electron chi connectivity index (χ1n) is 10.7. The van der Waals surface area contributed by atoms with Crippen molar-refractivity contribution in [1.29, 1.82) is 0 Å². The molecule has 1 unspecified atom stereocenters. The first-order valence-corrected chi connectivity index (χ1v) is 23.9. The van der Waals surface area contributed by atoms with Gasteiger partial charge in [0, 0.05) is 34.0 Å². The molecule has 2 aliphatic heterocycles. The number of rotatable bonds is 9. The van der Waals surface area contributed by atoms with E-state index in [-0.39, 0.29) is 0 Å². The van der Waals surface area contributed by atoms with Crippen LogP contribution in [0.1, 0.15) is 6.42 Å². The molecule has 2 rings (SSSR count). The van der Waals surface area contributed by atoms with Gasteiger partial charge in [0.05, 0.1) is 13.2 Å². The van der Waals surface area contributed by atoms with E-state index < -0.39 is 43.0 Å². The summed E-state index contributed by atoms with van der Waals surface area (Å²) in [5.74, 6) is 0. The number of ether oxygens (including phenoxy) is 2. The van der Waals surface area contributed by atoms with E-state index in [9.17, 15) is 0 Å². The van der Waals surface area contributed by atoms with Gasteiger partial charge in [-0.1, -0.05) is 0 Å². The smallest absolute Gasteiger partial charge is 0.416 e. The molecule has 186 valence electrons. The van der Waals surface area contributed by atoms with E-state index in [2.05, 4.69) is 52.4 Å². The molecule has 0 spiro atoms. The average Bonchev–Trinajstić information content (AvgIpc) is 3.38. The number of hydrogen-bond donors (Lipinski definition) is 0. The Labute approximate surface area is 194 Å². The molecule has 2 heterocycles. The van der Waals surface area contributed by atoms with Crippen LogP contribution in [-0.2, 0) is 39.2 Å². The maximum atomic E-state index is 6.16. The molecule has 9 nitrogen and oxygen atoms in total. The Bertz CT molecular complexity index is 460. The summed E-state index contributed by atoms with van der Waals surface area (Å²) in [5.41, 5.74) is 0. The average molecular weight is 533 g/mol. The quantitative estimate of drug-likeness (QED) is 0.251. The van der Waals surface area contributed by atoms with Gasteiger partial charge in [-0.2, -0.15) is 0 Å². The van der Waals surface area contributed by atoms with Crippen molar-refractivity contribution in [1.82, 2.24) is 0 Å². The molecular weight excluding hydrogens is 489 g/mol. The lowest BCUT2D eigenvalue weighted by atomic mass is 10.5. The van der Waals surface area contributed by atoms with Crippen molar-refractivity contribution in [3.05, 3.63) is 0 Å². The van der Waals surface area contributed by atoms with Gasteiger partial charge >= 0.3 is 43.0 Å². The highest BCUT2D eigenvalue weighted by molar-refractivity contribution is 6.92. The first kappa shape index (κ1) is 29.8. The van der Waals surface area contributed by atoms with Crippen LogP contribution in [0.2, 0.25) is 58.4 Å². The van der Waals surface area contributed by atoms with E-state index in [1.54, 1.807) is 21.3 Å². The van der Waals surface area contributed by atoms with Gasteiger partial charge in [0.25, 0.3) is 0 Å². The fourth-order valence-corrected chi connectivity index (χ4v) is 26.6. The minimum absolute atomic E-state index is 0.333. The van der Waals surface area contributed by atoms with Crippen LogP contribution in [0.4, 0.5) is 0 Å². The third-order valence-electron chi connectivity index (χ3n) is 4.38. The van der Waals surface area contributed by atoms with E-state index in [0.717, 1.165) is 19.1 Å². The van der Waals surface area contributed by atoms with E-state index in [1.807, 2.05) is 0 Å². The van der Waals surface area contributed by atoms with Crippen molar-refractivity contribution in [2.75, 3.05) is 41.2 Å². The predicted octanol–water partition coefficient (Wildman–Crippen LogP) is 3.54. The van der Waals surface area contributed by atoms with Gasteiger partial charge in [0.15, 0.2) is 0 Å². The van der Waals surface area contributed by atoms with Crippen LogP contribution in [-0.4, -0.2) is 90.3 Å². The molecule has 2 fully saturated rings. The monoisotopic (exact) mass is 532 g/mol. The zero-order valence-electron chi connectivity index (χ0n) is 21.3. The van der Waals surface area contributed by atoms with Gasteiger partial charge in [-0.25, -0.2) is 0 Å². The molecule has 0 aromatic rings. The maximum Gasteiger partial charge on any atom is 0.500 e. The summed E-state index contributed by atoms with van der Waals surface area (Å²) in [6, 6.07) is 0.780. The second-order valence-electron chi connectivity index (χ2n) is 9.44. The van der Waals surface area contributed by atoms with Crippen molar-refractivity contribution in [3.8, 4) is 0 Å². The Morgan fingerprint density at radius 2 is 1.06 bits per heavy atom. The van der Waals surface area contributed by atoms with Crippen molar-refractivity contribution >= 4 is 43.0 Å². The standard InChI is InChI=1S/C9H20O5Si.C8H24O4Si4/c1-10-15(11-2,12-3)6-4-5-13-7-9-8-14-9;1-13(2)9-14(3,4)11-16(7,8)12-15(5,6)10-13/h9H,4-8H2,1-3H3;1-8H3. The van der Waals surface area contributed by atoms with Gasteiger partial charge in [-0.15, -0.1) is 0 Å². The molecule has 0 aromatic carbocycles. The highest BCUT2D eigenvalue weighted by Crippen LogP contribution is 2.30. The summed E-state index contributed by atoms with van der Waals surface area (Å²) in [6.07, 6.45) is 1.22. The van der Waals surface area contributed by atoms with Gasteiger partial charge in [-0.05, 0) is 58.8 Å². The second kappa shape index (κ2) is 11.9. The van der Waals surface area contributed by atoms with E-state index >= 15 is 0 Å². The minimum atomic E-state index is -2.39. The largest absolute Gasteiger partial charge is 0.500 e. The van der Waals surface area contributed by atoms with Crippen molar-refractivity contribution in [3.63, 3.8) is 0 Å². The first-order chi connectivity index (χ1) is 14.1. The van der Waals surface area contributed by atoms with Crippen LogP contribution < -0.4 is 0 Å². The van der Waals surface area contributed by atoms with Gasteiger partial charge in [-0.3, -0.25) is 0 Å². The zero-order chi connectivity index (χ0) is 24.0. The molecule has 2 saturated heterocycles. The summed E-state index contributed by atoms with van der Waals surface area (Å²) in [7, 11) is -5.96. The Morgan fingerprint density at radius 1 is 0.710 bits per heavy atom. The summed E-state index contributed by atoms with van der Waals surface area (Å²) in [6.45, 7) is 18.8. The van der Waals surface area contributed by atoms with Gasteiger partial charge < -0.3 is 39.2 Å². The lowest BCUT2D eigenvalue weighted by Crippen LogP contribution is -2.64. The van der Waals surface area contributed by atoms with E-state index in [0.29, 0.717) is 19.3 Å². The normalized spacial score (nSPS) is 26.2. The molecule has 1 atom stereocenters. The maximum absolute atomic E-state index is 6.16. The fraction of sp³-hybridized carbons (Fsp3) is 1.00. The van der Waals surface area contributed by atoms with E-state index in [1.165, 1.54) is 0 Å². The fourth-order valence-electron chi connectivity index (χ4n) is 3.78. The van der Waals surface area contributed by atoms with Crippen LogP contribution in [0.5, 0.6) is 0 Å². The molecule has 2 aliphatic rings. The van der Waals surface area contributed by atoms with E-state index in [4.69, 9.17) is 39.2 Å². The minimum Gasteiger partial charge on any atom is -0.416 e. The van der Waals surface area contributed by atoms with Crippen LogP contribution in [0.3, 0.4) is 0 Å². The molecule has 0 N–H and O–H groups in total. The highest BCUT2D eigenvalue weighted by atomic mass is 28.5. The van der Waals surface area contributed by atoms with Crippen LogP contribution in [0.25, 0.3) is 0 Å². The lowest BCUT2D eigenvalue weighted by molar-refractivity contribution is 0.100. The third-order valence-corrected chi connectivity index (χ3v) is 22.9. The SMILES string of the molecule is CO[Si](CCCOCC1CO1)(OC)OC.C[Si]1(C)O[Si](C)(C)O[Si](C)(C)O[Si](C)(C)O1. The Hall–Kier alpha value is 0.724. The second-order valence-corrected chi connectivity index (χ2v) is 27.0. The summed E-state index contributed by atoms with van der Waals surface area (Å²) in [4.78, 5) is 0. The van der Waals surface area contributed by atoms with Gasteiger partial charge in [0.1, 0.15) is 6.10 Å². The lowest BCUT2D eigenvalue weighted by Gasteiger charge is -2.46. The molecule has 0 aliphatic carbocycles. The highest BCUT2D eigenvalue weighted by Gasteiger charge is 2.50. The molecule has 0 saturated carbocycles. The van der Waals surface area contributed by atoms with Crippen LogP contribution in [0, 0.1) is 0 Å². The van der Waals surface area contributed by atoms with Crippen molar-refractivity contribution in [2.45, 2.75) is 70.9 Å². The Morgan fingerprint density at radius 3 is 1.35 bits per heavy atom. The third kappa shape index (κ3) is 12.1. The summed E-state index contributed by atoms with van der Waals surface area (Å²) >= 11 is 0. The zero-order valence-corrected chi connectivity index (χ0v) is 26.3. The van der Waals surface area contributed by atoms with Crippen LogP contribution in [0.15, 0.2) is 0 Å². The molecular formula is C17H44O9Si5. The molecule has 0 amide bonds. The Balaban J connectivity index is 0.000000311. The molecule has 0 bridgehead atoms. The predicted molar refractivity (Wildman–Crippen MR) is 131 cm³/mol. The number of epoxide rings is 1. The van der Waals surface area contributed by atoms with Crippen LogP contribution >= 0.6 is 0 Å². The Kier molecular flexibility index (Phi) is 11.4. The molecule has 14 heteroatoms. The number of hydrogen-bond acceptors (Lipinski definition) is 9. The molecule has 0 aromatic heterocycles. The van der Waals surface area contributed by atoms with Crippen molar-refractivity contribution in [2.24, 2.45) is 0 Å².